The predicted octanol–water partition coefficient (Wildman–Crippen LogP) is -1.36. The summed E-state index contributed by atoms with van der Waals surface area (Å²) in [6.45, 7) is 0. The Morgan fingerprint density at radius 1 is 1.17 bits per heavy atom. The van der Waals surface area contributed by atoms with Gasteiger partial charge in [-0.1, -0.05) is 0 Å². The molecule has 0 saturated carbocycles. The van der Waals surface area contributed by atoms with Crippen molar-refractivity contribution in [3.05, 3.63) is 0 Å². The summed E-state index contributed by atoms with van der Waals surface area (Å²) in [5, 5.41) is 0. The zero-order chi connectivity index (χ0) is 4.50. The molecule has 0 unspecified atom stereocenters. The van der Waals surface area contributed by atoms with Crippen LogP contribution in [0.1, 0.15) is 0 Å². The van der Waals surface area contributed by atoms with Gasteiger partial charge in [0.25, 0.3) is 0 Å². The van der Waals surface area contributed by atoms with Crippen molar-refractivity contribution in [2.24, 2.45) is 0 Å². The van der Waals surface area contributed by atoms with Crippen LogP contribution >= 0.6 is 0 Å². The quantitative estimate of drug-likeness (QED) is 0.492. The molecule has 40 valence electrons. The summed E-state index contributed by atoms with van der Waals surface area (Å²) in [6.07, 6.45) is 0. The van der Waals surface area contributed by atoms with Gasteiger partial charge in [0.05, 0.1) is 0 Å². The third kappa shape index (κ3) is 124. The molecule has 0 aliphatic heterocycles. The second-order valence-electron chi connectivity index (χ2n) is 0.448. The summed E-state index contributed by atoms with van der Waals surface area (Å²) in [4.78, 5) is 0. The van der Waals surface area contributed by atoms with Crippen LogP contribution < -0.4 is 0 Å². The molecule has 0 radical (unpaired) electrons. The molecule has 0 aliphatic carbocycles. The van der Waals surface area contributed by atoms with E-state index in [2.05, 4.69) is 0 Å². The van der Waals surface area contributed by atoms with E-state index in [0.29, 0.717) is 0 Å². The van der Waals surface area contributed by atoms with Gasteiger partial charge in [0.2, 0.25) is 0 Å². The fourth-order valence-electron chi connectivity index (χ4n) is 0. The van der Waals surface area contributed by atoms with Crippen LogP contribution in [0.15, 0.2) is 0 Å². The molecule has 0 fully saturated rings. The van der Waals surface area contributed by atoms with Gasteiger partial charge < -0.3 is 0 Å². The number of rotatable bonds is 0. The molecule has 0 aromatic carbocycles. The summed E-state index contributed by atoms with van der Waals surface area (Å²) in [6, 6.07) is 0. The standard InChI is InChI=1S/Fe.Mo.2H2O.2O/h;;2*1H2;;/q;+2;;;;/p-2. The third-order valence-electron chi connectivity index (χ3n) is 0. The van der Waals surface area contributed by atoms with Crippen LogP contribution in [-0.2, 0) is 40.6 Å². The molecule has 0 heterocycles. The average molecular weight is 218 g/mol. The maximum atomic E-state index is 8.85. The predicted molar refractivity (Wildman–Crippen MR) is 5.81 cm³/mol. The van der Waals surface area contributed by atoms with Crippen LogP contribution in [0.2, 0.25) is 0 Å². The molecule has 0 rings (SSSR count). The van der Waals surface area contributed by atoms with E-state index < -0.39 is 16.7 Å². The van der Waals surface area contributed by atoms with Crippen molar-refractivity contribution in [1.82, 2.24) is 0 Å². The van der Waals surface area contributed by atoms with Crippen molar-refractivity contribution in [1.29, 1.82) is 0 Å². The van der Waals surface area contributed by atoms with Gasteiger partial charge in [0, 0.05) is 17.1 Å². The molecule has 0 spiro atoms. The fourth-order valence-corrected chi connectivity index (χ4v) is 0. The Hall–Kier alpha value is 0.728. The van der Waals surface area contributed by atoms with E-state index in [1.807, 2.05) is 0 Å². The van der Waals surface area contributed by atoms with Crippen molar-refractivity contribution in [2.45, 2.75) is 0 Å². The second-order valence-corrected chi connectivity index (χ2v) is 2.65. The van der Waals surface area contributed by atoms with E-state index in [-0.39, 0.29) is 17.1 Å². The fraction of sp³-hybridized carbons (Fsp3) is 0. The summed E-state index contributed by atoms with van der Waals surface area (Å²) in [5.74, 6) is 0. The Morgan fingerprint density at radius 2 is 1.17 bits per heavy atom. The molecule has 0 amide bonds. The van der Waals surface area contributed by atoms with Crippen molar-refractivity contribution in [3.8, 4) is 0 Å². The zero-order valence-corrected chi connectivity index (χ0v) is 5.58. The molecule has 0 bridgehead atoms. The van der Waals surface area contributed by atoms with Crippen LogP contribution in [0.4, 0.5) is 0 Å². The molecule has 6 heavy (non-hydrogen) atoms. The third-order valence-corrected chi connectivity index (χ3v) is 0. The van der Waals surface area contributed by atoms with E-state index in [4.69, 9.17) is 14.3 Å². The molecule has 0 atom stereocenters. The molecule has 0 saturated heterocycles. The van der Waals surface area contributed by atoms with Gasteiger partial charge in [-0.25, -0.2) is 0 Å². The van der Waals surface area contributed by atoms with Gasteiger partial charge >= 0.3 is 31.1 Å². The molecule has 0 aromatic heterocycles. The monoisotopic (exact) mass is 220 g/mol. The number of hydrogen-bond acceptors (Lipinski definition) is 2. The van der Waals surface area contributed by atoms with Gasteiger partial charge in [-0.15, -0.1) is 0 Å². The average Bonchev–Trinajstić information content (AvgIpc) is 0.722. The van der Waals surface area contributed by atoms with Crippen LogP contribution in [0.3, 0.4) is 0 Å². The zero-order valence-electron chi connectivity index (χ0n) is 2.47. The number of hydrogen-bond donors (Lipinski definition) is 2. The van der Waals surface area contributed by atoms with E-state index in [0.717, 1.165) is 0 Å². The van der Waals surface area contributed by atoms with Crippen LogP contribution in [0, 0.1) is 0 Å². The Morgan fingerprint density at radius 3 is 1.17 bits per heavy atom. The van der Waals surface area contributed by atoms with Crippen molar-refractivity contribution in [3.63, 3.8) is 0 Å². The van der Waals surface area contributed by atoms with E-state index in [9.17, 15) is 0 Å². The van der Waals surface area contributed by atoms with Gasteiger partial charge in [-0.3, -0.25) is 0 Å². The first-order chi connectivity index (χ1) is 2.00. The van der Waals surface area contributed by atoms with Crippen LogP contribution in [0.25, 0.3) is 0 Å². The summed E-state index contributed by atoms with van der Waals surface area (Å²) in [5.41, 5.74) is 0. The molecule has 0 aliphatic rings. The first kappa shape index (κ1) is 9.87. The molecular formula is H2FeMoO4. The van der Waals surface area contributed by atoms with Gasteiger partial charge in [0.1, 0.15) is 0 Å². The Bertz CT molecular complexity index is 90.7. The molecule has 6 heteroatoms. The normalized spacial score (nSPS) is 9.67. The summed E-state index contributed by atoms with van der Waals surface area (Å²) < 4.78 is 32.0. The van der Waals surface area contributed by atoms with Crippen LogP contribution in [-0.4, -0.2) is 7.52 Å². The maximum absolute atomic E-state index is 8.85. The van der Waals surface area contributed by atoms with E-state index >= 15 is 0 Å². The van der Waals surface area contributed by atoms with Gasteiger partial charge in [-0.05, 0) is 0 Å². The molecule has 4 nitrogen and oxygen atoms in total. The minimum absolute atomic E-state index is 0. The Labute approximate surface area is 48.4 Å². The Kier molecular flexibility index (Phi) is 4.66. The van der Waals surface area contributed by atoms with Gasteiger partial charge in [0.15, 0.2) is 0 Å². The first-order valence-corrected chi connectivity index (χ1v) is 4.13. The van der Waals surface area contributed by atoms with Gasteiger partial charge in [-0.2, -0.15) is 0 Å². The first-order valence-electron chi connectivity index (χ1n) is 0.698. The Balaban J connectivity index is 0. The van der Waals surface area contributed by atoms with E-state index in [1.165, 1.54) is 0 Å². The minimum atomic E-state index is -5.52. The molecule has 0 aromatic rings. The topological polar surface area (TPSA) is 74.6 Å². The second kappa shape index (κ2) is 2.83. The van der Waals surface area contributed by atoms with Crippen molar-refractivity contribution in [2.75, 3.05) is 0 Å². The van der Waals surface area contributed by atoms with Crippen molar-refractivity contribution >= 4 is 0 Å². The SMILES string of the molecule is [Fe].[O]=[Mo](=[O])([OH])[OH]. The van der Waals surface area contributed by atoms with Crippen molar-refractivity contribution < 1.29 is 48.1 Å². The summed E-state index contributed by atoms with van der Waals surface area (Å²) in [7, 11) is 0. The summed E-state index contributed by atoms with van der Waals surface area (Å²) >= 11 is -5.52. The molecule has 2 N–H and O–H groups in total. The molecular weight excluding hydrogens is 216 g/mol. The van der Waals surface area contributed by atoms with Crippen LogP contribution in [0.5, 0.6) is 0 Å². The van der Waals surface area contributed by atoms with E-state index in [1.54, 1.807) is 0 Å².